The molecule has 2 aromatic rings. The fraction of sp³-hybridized carbons (Fsp3) is 0.500. The van der Waals surface area contributed by atoms with Crippen LogP contribution in [0.5, 0.6) is 11.5 Å². The minimum Gasteiger partial charge on any atom is -0.486 e. The van der Waals surface area contributed by atoms with Gasteiger partial charge in [0.15, 0.2) is 11.5 Å². The number of rotatable bonds is 5. The Labute approximate surface area is 137 Å². The number of aromatic nitrogens is 2. The molecule has 1 aliphatic rings. The van der Waals surface area contributed by atoms with Gasteiger partial charge in [0.2, 0.25) is 0 Å². The van der Waals surface area contributed by atoms with Gasteiger partial charge in [0.05, 0.1) is 5.69 Å². The van der Waals surface area contributed by atoms with Crippen LogP contribution < -0.4 is 14.8 Å². The molecule has 5 nitrogen and oxygen atoms in total. The number of hydrogen-bond donors (Lipinski definition) is 1. The van der Waals surface area contributed by atoms with E-state index in [0.717, 1.165) is 30.2 Å². The van der Waals surface area contributed by atoms with E-state index in [2.05, 4.69) is 31.2 Å². The van der Waals surface area contributed by atoms with Gasteiger partial charge < -0.3 is 14.8 Å². The van der Waals surface area contributed by atoms with Crippen molar-refractivity contribution < 1.29 is 9.47 Å². The van der Waals surface area contributed by atoms with E-state index in [9.17, 15) is 0 Å². The molecule has 1 N–H and O–H groups in total. The van der Waals surface area contributed by atoms with Crippen molar-refractivity contribution in [2.24, 2.45) is 7.05 Å². The molecule has 124 valence electrons. The summed E-state index contributed by atoms with van der Waals surface area (Å²) >= 11 is 0. The second kappa shape index (κ2) is 6.62. The van der Waals surface area contributed by atoms with Gasteiger partial charge in [-0.1, -0.05) is 19.1 Å². The van der Waals surface area contributed by atoms with Gasteiger partial charge in [-0.2, -0.15) is 5.10 Å². The molecule has 1 aromatic carbocycles. The first kappa shape index (κ1) is 15.9. The minimum atomic E-state index is 0.0243. The highest BCUT2D eigenvalue weighted by Gasteiger charge is 2.23. The predicted molar refractivity (Wildman–Crippen MR) is 90.1 cm³/mol. The third-order valence-corrected chi connectivity index (χ3v) is 4.48. The van der Waals surface area contributed by atoms with Crippen LogP contribution in [-0.4, -0.2) is 29.0 Å². The molecule has 0 radical (unpaired) electrons. The van der Waals surface area contributed by atoms with Crippen LogP contribution in [-0.2, 0) is 7.05 Å². The summed E-state index contributed by atoms with van der Waals surface area (Å²) in [6.07, 6.45) is 1.04. The van der Waals surface area contributed by atoms with E-state index in [1.807, 2.05) is 36.0 Å². The number of ether oxygens (including phenoxy) is 2. The molecule has 0 unspecified atom stereocenters. The molecule has 0 fully saturated rings. The highest BCUT2D eigenvalue weighted by molar-refractivity contribution is 5.40. The molecular weight excluding hydrogens is 290 g/mol. The summed E-state index contributed by atoms with van der Waals surface area (Å²) in [7, 11) is 1.99. The van der Waals surface area contributed by atoms with Gasteiger partial charge in [0.1, 0.15) is 12.7 Å². The molecule has 0 saturated carbocycles. The van der Waals surface area contributed by atoms with Crippen LogP contribution in [0.1, 0.15) is 36.3 Å². The lowest BCUT2D eigenvalue weighted by Gasteiger charge is -2.28. The van der Waals surface area contributed by atoms with E-state index in [0.29, 0.717) is 6.61 Å². The molecule has 0 spiro atoms. The molecule has 2 atom stereocenters. The van der Waals surface area contributed by atoms with Crippen molar-refractivity contribution in [1.82, 2.24) is 15.1 Å². The maximum Gasteiger partial charge on any atom is 0.161 e. The predicted octanol–water partition coefficient (Wildman–Crippen LogP) is 2.92. The van der Waals surface area contributed by atoms with Crippen molar-refractivity contribution in [2.75, 3.05) is 13.2 Å². The summed E-state index contributed by atoms with van der Waals surface area (Å²) in [5, 5.41) is 8.15. The Hall–Kier alpha value is -2.01. The molecule has 1 aliphatic heterocycles. The number of aryl methyl sites for hydroxylation is 2. The van der Waals surface area contributed by atoms with Crippen molar-refractivity contribution in [3.8, 4) is 11.5 Å². The summed E-state index contributed by atoms with van der Waals surface area (Å²) in [6.45, 7) is 7.71. The number of para-hydroxylation sites is 2. The zero-order valence-corrected chi connectivity index (χ0v) is 14.3. The van der Waals surface area contributed by atoms with Gasteiger partial charge in [-0.15, -0.1) is 0 Å². The highest BCUT2D eigenvalue weighted by atomic mass is 16.6. The first-order chi connectivity index (χ1) is 11.1. The average Bonchev–Trinajstić information content (AvgIpc) is 2.81. The molecule has 1 aromatic heterocycles. The Morgan fingerprint density at radius 1 is 1.30 bits per heavy atom. The van der Waals surface area contributed by atoms with Crippen LogP contribution in [0.2, 0.25) is 0 Å². The zero-order valence-electron chi connectivity index (χ0n) is 14.3. The first-order valence-corrected chi connectivity index (χ1v) is 8.22. The van der Waals surface area contributed by atoms with E-state index in [4.69, 9.17) is 9.47 Å². The van der Waals surface area contributed by atoms with Crippen LogP contribution >= 0.6 is 0 Å². The van der Waals surface area contributed by atoms with E-state index < -0.39 is 0 Å². The fourth-order valence-corrected chi connectivity index (χ4v) is 3.18. The molecule has 0 bridgehead atoms. The monoisotopic (exact) mass is 315 g/mol. The largest absolute Gasteiger partial charge is 0.486 e. The van der Waals surface area contributed by atoms with Crippen LogP contribution in [0.25, 0.3) is 0 Å². The lowest BCUT2D eigenvalue weighted by molar-refractivity contribution is 0.0879. The summed E-state index contributed by atoms with van der Waals surface area (Å²) in [5.41, 5.74) is 3.61. The molecule has 0 amide bonds. The number of hydrogen-bond acceptors (Lipinski definition) is 4. The van der Waals surface area contributed by atoms with Gasteiger partial charge in [0, 0.05) is 30.9 Å². The summed E-state index contributed by atoms with van der Waals surface area (Å²) in [4.78, 5) is 0. The van der Waals surface area contributed by atoms with Crippen molar-refractivity contribution in [3.63, 3.8) is 0 Å². The van der Waals surface area contributed by atoms with Crippen LogP contribution in [0.4, 0.5) is 0 Å². The average molecular weight is 315 g/mol. The van der Waals surface area contributed by atoms with Gasteiger partial charge >= 0.3 is 0 Å². The van der Waals surface area contributed by atoms with Crippen LogP contribution in [0, 0.1) is 13.8 Å². The topological polar surface area (TPSA) is 48.3 Å². The Morgan fingerprint density at radius 3 is 2.70 bits per heavy atom. The van der Waals surface area contributed by atoms with Gasteiger partial charge in [-0.3, -0.25) is 4.68 Å². The van der Waals surface area contributed by atoms with E-state index >= 15 is 0 Å². The van der Waals surface area contributed by atoms with Crippen molar-refractivity contribution in [1.29, 1.82) is 0 Å². The summed E-state index contributed by atoms with van der Waals surface area (Å²) < 4.78 is 13.7. The Morgan fingerprint density at radius 2 is 2.04 bits per heavy atom. The molecular formula is C18H25N3O2. The minimum absolute atomic E-state index is 0.0243. The standard InChI is InChI=1S/C18H25N3O2/c1-5-15(18-12(2)20-21(4)13(18)3)19-10-14-11-22-16-8-6-7-9-17(16)23-14/h6-9,14-15,19H,5,10-11H2,1-4H3/t14-,15-/m1/s1. The third kappa shape index (κ3) is 3.20. The van der Waals surface area contributed by atoms with Gasteiger partial charge in [-0.05, 0) is 32.4 Å². The van der Waals surface area contributed by atoms with Crippen molar-refractivity contribution in [2.45, 2.75) is 39.3 Å². The lowest BCUT2D eigenvalue weighted by Crippen LogP contribution is -2.39. The van der Waals surface area contributed by atoms with Gasteiger partial charge in [-0.25, -0.2) is 0 Å². The number of benzene rings is 1. The fourth-order valence-electron chi connectivity index (χ4n) is 3.18. The number of nitrogens with one attached hydrogen (secondary N) is 1. The van der Waals surface area contributed by atoms with E-state index in [1.54, 1.807) is 0 Å². The molecule has 23 heavy (non-hydrogen) atoms. The molecule has 5 heteroatoms. The smallest absolute Gasteiger partial charge is 0.161 e. The van der Waals surface area contributed by atoms with Gasteiger partial charge in [0.25, 0.3) is 0 Å². The summed E-state index contributed by atoms with van der Waals surface area (Å²) in [6, 6.07) is 8.10. The highest BCUT2D eigenvalue weighted by Crippen LogP contribution is 2.31. The second-order valence-electron chi connectivity index (χ2n) is 6.07. The Bertz CT molecular complexity index is 681. The van der Waals surface area contributed by atoms with E-state index in [-0.39, 0.29) is 12.1 Å². The second-order valence-corrected chi connectivity index (χ2v) is 6.07. The first-order valence-electron chi connectivity index (χ1n) is 8.22. The van der Waals surface area contributed by atoms with Crippen LogP contribution in [0.3, 0.4) is 0 Å². The number of nitrogens with zero attached hydrogens (tertiary/aromatic N) is 2. The van der Waals surface area contributed by atoms with Crippen molar-refractivity contribution in [3.05, 3.63) is 41.2 Å². The maximum atomic E-state index is 6.02. The third-order valence-electron chi connectivity index (χ3n) is 4.48. The van der Waals surface area contributed by atoms with Crippen LogP contribution in [0.15, 0.2) is 24.3 Å². The molecule has 0 saturated heterocycles. The normalized spacial score (nSPS) is 18.0. The molecule has 0 aliphatic carbocycles. The zero-order chi connectivity index (χ0) is 16.4. The maximum absolute atomic E-state index is 6.02. The molecule has 3 rings (SSSR count). The Balaban J connectivity index is 1.65. The van der Waals surface area contributed by atoms with E-state index in [1.165, 1.54) is 11.3 Å². The molecule has 2 heterocycles. The lowest BCUT2D eigenvalue weighted by atomic mass is 10.0. The number of fused-ring (bicyclic) bond motifs is 1. The Kier molecular flexibility index (Phi) is 4.57. The SMILES string of the molecule is CC[C@@H](NC[C@@H]1COc2ccccc2O1)c1c(C)nn(C)c1C. The quantitative estimate of drug-likeness (QED) is 0.921. The van der Waals surface area contributed by atoms with Crippen molar-refractivity contribution >= 4 is 0 Å². The summed E-state index contributed by atoms with van der Waals surface area (Å²) in [5.74, 6) is 1.65.